The zero-order valence-electron chi connectivity index (χ0n) is 82.4. The highest BCUT2D eigenvalue weighted by Gasteiger charge is 2.54. The highest BCUT2D eigenvalue weighted by molar-refractivity contribution is 5.97. The van der Waals surface area contributed by atoms with Crippen LogP contribution in [0, 0.1) is 116 Å². The van der Waals surface area contributed by atoms with Gasteiger partial charge >= 0.3 is 17.9 Å². The highest BCUT2D eigenvalue weighted by atomic mass is 19.1. The zero-order chi connectivity index (χ0) is 100. The van der Waals surface area contributed by atoms with Crippen molar-refractivity contribution in [2.75, 3.05) is 60.4 Å². The van der Waals surface area contributed by atoms with Crippen molar-refractivity contribution in [3.05, 3.63) is 212 Å². The highest BCUT2D eigenvalue weighted by Crippen LogP contribution is 2.52. The molecule has 24 rings (SSSR count). The van der Waals surface area contributed by atoms with Gasteiger partial charge in [0.2, 0.25) is 0 Å². The summed E-state index contributed by atoms with van der Waals surface area (Å²) in [4.78, 5) is 113. The minimum atomic E-state index is -0.669. The fourth-order valence-electron chi connectivity index (χ4n) is 26.8. The number of piperidine rings is 6. The fraction of sp³-hybridized carbons (Fsp3) is 0.522. The molecule has 16 aliphatic rings. The van der Waals surface area contributed by atoms with Crippen molar-refractivity contribution in [3.63, 3.8) is 0 Å². The smallest absolute Gasteiger partial charge is 0.358 e. The molecular formula is C115H123F4N15O11. The predicted octanol–water partition coefficient (Wildman–Crippen LogP) is 16.3. The normalized spacial score (nSPS) is 27.4. The number of carbonyl (C=O) groups excluding carboxylic acids is 7. The van der Waals surface area contributed by atoms with E-state index in [1.807, 2.05) is 50.6 Å². The quantitative estimate of drug-likeness (QED) is 0.0248. The monoisotopic (exact) mass is 1970 g/mol. The number of aromatic nitrogens is 4. The molecule has 17 atom stereocenters. The Balaban J connectivity index is 0.000000114. The van der Waals surface area contributed by atoms with Gasteiger partial charge in [0.25, 0.3) is 0 Å². The fourth-order valence-corrected chi connectivity index (χ4v) is 26.8. The Kier molecular flexibility index (Phi) is 28.0. The number of halogens is 4. The van der Waals surface area contributed by atoms with Gasteiger partial charge in [0.1, 0.15) is 34.5 Å². The maximum atomic E-state index is 15.2. The van der Waals surface area contributed by atoms with Gasteiger partial charge in [-0.15, -0.1) is 0 Å². The third kappa shape index (κ3) is 20.0. The van der Waals surface area contributed by atoms with Crippen LogP contribution in [0.15, 0.2) is 122 Å². The predicted molar refractivity (Wildman–Crippen MR) is 527 cm³/mol. The minimum Gasteiger partial charge on any atom is -0.451 e. The van der Waals surface area contributed by atoms with Crippen molar-refractivity contribution in [2.45, 2.75) is 270 Å². The summed E-state index contributed by atoms with van der Waals surface area (Å²) in [6.45, 7) is 5.64. The first-order valence-electron chi connectivity index (χ1n) is 52.4. The van der Waals surface area contributed by atoms with Gasteiger partial charge in [-0.1, -0.05) is 55.0 Å². The van der Waals surface area contributed by atoms with E-state index in [-0.39, 0.29) is 122 Å². The lowest BCUT2D eigenvalue weighted by Gasteiger charge is -2.37. The van der Waals surface area contributed by atoms with E-state index in [0.717, 1.165) is 188 Å². The van der Waals surface area contributed by atoms with Gasteiger partial charge in [-0.3, -0.25) is 34.1 Å². The molecule has 752 valence electrons. The summed E-state index contributed by atoms with van der Waals surface area (Å²) in [5.74, 6) is -3.09. The first kappa shape index (κ1) is 98.9. The number of nitrogens with zero attached hydrogens (tertiary/aromatic N) is 11. The first-order valence-corrected chi connectivity index (χ1v) is 52.4. The molecule has 0 radical (unpaired) electrons. The van der Waals surface area contributed by atoms with Crippen molar-refractivity contribution in [2.24, 2.45) is 47.3 Å². The third-order valence-corrected chi connectivity index (χ3v) is 35.0. The number of rotatable bonds is 24. The molecule has 145 heavy (non-hydrogen) atoms. The number of carbonyl (C=O) groups is 7. The molecular weight excluding hydrogens is 1840 g/mol. The lowest BCUT2D eigenvalue weighted by molar-refractivity contribution is -0.123. The number of likely N-dealkylation sites (N-methyl/N-ethyl adjacent to an activating group) is 1. The number of hydrogen-bond acceptors (Lipinski definition) is 26. The number of ketones is 4. The van der Waals surface area contributed by atoms with Crippen LogP contribution in [-0.2, 0) is 92.8 Å². The van der Waals surface area contributed by atoms with Gasteiger partial charge in [0, 0.05) is 178 Å². The van der Waals surface area contributed by atoms with Gasteiger partial charge in [-0.2, -0.15) is 21.0 Å². The van der Waals surface area contributed by atoms with Gasteiger partial charge < -0.3 is 54.9 Å². The average molecular weight is 1970 g/mol. The first-order chi connectivity index (χ1) is 70.1. The Bertz CT molecular complexity index is 6450. The minimum absolute atomic E-state index is 0.0661. The maximum absolute atomic E-state index is 15.2. The molecule has 26 nitrogen and oxygen atoms in total. The van der Waals surface area contributed by atoms with Crippen molar-refractivity contribution >= 4 is 41.0 Å². The summed E-state index contributed by atoms with van der Waals surface area (Å²) < 4.78 is 84.4. The SMILES string of the molecule is CN1CCC2(C1)OC(=O)c1cnc(-c3ccc(C[C@@H](C#N)CC(=O)[C@H]4N[C@@H]5CC[C@H]4C5)c(F)c3)cc12.CN1CCC2(CC1)OC(=O)c1ncc(-c3ccc(C[C@@H](C#N)CC(=O)[C@H]4N[C@@H]5CC[C@H]4C5)c(F)c3)cc12.CN1CCC2(CC1)OCc1cnc(-c3ccc(C[C@@H](C#N)CC(=O)[C@H]4N[C@@H]5CC[C@H]4C5)c(F)c3)cc12.N#C[C@@H](CC(=O)[C@H]1N[C@@H]2CC[C@H]1C2)Cc1ccc(-c2cc3c(cn2)C(=O)OC32CCCCC2)cc1F. The molecule has 7 saturated heterocycles. The second kappa shape index (κ2) is 41.0. The lowest BCUT2D eigenvalue weighted by atomic mass is 9.79. The van der Waals surface area contributed by atoms with Crippen LogP contribution >= 0.6 is 0 Å². The van der Waals surface area contributed by atoms with Gasteiger partial charge in [0.15, 0.2) is 34.4 Å². The number of esters is 3. The molecule has 0 amide bonds. The second-order valence-electron chi connectivity index (χ2n) is 44.4. The number of Topliss-reactive ketones (excluding diaryl/α,β-unsaturated/α-hetero) is 4. The molecule has 30 heteroatoms. The number of likely N-dealkylation sites (tertiary alicyclic amines) is 3. The molecule has 4 N–H and O–H groups in total. The van der Waals surface area contributed by atoms with E-state index in [1.165, 1.54) is 36.0 Å². The number of ether oxygens (including phenoxy) is 4. The molecule has 5 aliphatic carbocycles. The van der Waals surface area contributed by atoms with Crippen LogP contribution in [0.3, 0.4) is 0 Å². The number of nitrogens with one attached hydrogen (secondary N) is 4. The van der Waals surface area contributed by atoms with Gasteiger partial charge in [-0.25, -0.2) is 36.9 Å². The topological polar surface area (TPSA) is 361 Å². The summed E-state index contributed by atoms with van der Waals surface area (Å²) in [5, 5.41) is 52.3. The van der Waals surface area contributed by atoms with Crippen molar-refractivity contribution in [3.8, 4) is 69.2 Å². The summed E-state index contributed by atoms with van der Waals surface area (Å²) >= 11 is 0. The molecule has 4 aromatic carbocycles. The zero-order valence-corrected chi connectivity index (χ0v) is 82.4. The molecule has 4 spiro atoms. The van der Waals surface area contributed by atoms with Crippen LogP contribution in [0.2, 0.25) is 0 Å². The van der Waals surface area contributed by atoms with Crippen LogP contribution in [0.1, 0.15) is 248 Å². The Labute approximate surface area is 842 Å². The van der Waals surface area contributed by atoms with Crippen LogP contribution in [-0.4, -0.2) is 184 Å². The molecule has 12 fully saturated rings. The number of benzene rings is 4. The largest absolute Gasteiger partial charge is 0.451 e. The van der Waals surface area contributed by atoms with E-state index in [4.69, 9.17) is 18.9 Å². The van der Waals surface area contributed by atoms with Gasteiger partial charge in [-0.05, 0) is 268 Å². The molecule has 1 unspecified atom stereocenters. The van der Waals surface area contributed by atoms with Crippen LogP contribution in [0.25, 0.3) is 44.9 Å². The Morgan fingerprint density at radius 2 is 0.724 bits per heavy atom. The number of fused-ring (bicyclic) bond motifs is 16. The van der Waals surface area contributed by atoms with Crippen molar-refractivity contribution in [1.82, 2.24) is 55.9 Å². The molecule has 15 heterocycles. The van der Waals surface area contributed by atoms with E-state index < -0.39 is 63.9 Å². The van der Waals surface area contributed by atoms with Crippen molar-refractivity contribution < 1.29 is 70.1 Å². The molecule has 8 aromatic rings. The van der Waals surface area contributed by atoms with Crippen LogP contribution in [0.4, 0.5) is 17.6 Å². The van der Waals surface area contributed by atoms with Crippen LogP contribution < -0.4 is 21.3 Å². The van der Waals surface area contributed by atoms with E-state index in [0.29, 0.717) is 153 Å². The van der Waals surface area contributed by atoms with Crippen LogP contribution in [0.5, 0.6) is 0 Å². The summed E-state index contributed by atoms with van der Waals surface area (Å²) in [7, 11) is 6.17. The Morgan fingerprint density at radius 3 is 1.10 bits per heavy atom. The molecule has 8 bridgehead atoms. The standard InChI is InChI=1S/C29H31FN4O3.C29H33FN4O2.C29H30FN3O3.C28H29FN4O3/c1-34-8-6-29(7-9-34)23-13-21(16-32-27(23)28(36)37-29)18-2-3-19(24(30)14-18)10-17(15-31)11-25(35)26-20-4-5-22(12-20)33-26;1-34-8-6-29(7-9-34)24-14-26(32-16-22(24)17-36-29)20-3-2-19(25(30)13-20)10-18(15-31)11-27(35)28-21-4-5-23(12-21)33-28;30-24-13-19(25-14-23-22(16-32-25)28(35)36-29(23)8-2-1-3-9-29)5-4-18(24)10-17(15-31)11-26(34)27-20-6-7-21(12-20)33-27;1-33-7-6-28(15-33)22-12-24(31-14-21(22)27(35)36-28)18-3-2-17(23(29)11-18)8-16(13-30)9-25(34)26-19-4-5-20(10-19)32-26/h2-3,13-14,16-17,20,22,26,33H,4-12H2,1H3;2-3,13-14,16,18,21,23,28,33H,4-12,17H2,1H3;4-5,13-14,16-17,20-21,27,33H,1-3,6-12H2;2-3,11-12,14,16,19-20,26,32H,4-10,15H2,1H3/t17-,20+,22-,26+;18-,21+,23-,28+;17-,20+,21-,27+;16-,19+,20-,26+,28?/m1111/s1. The van der Waals surface area contributed by atoms with Gasteiger partial charge in [0.05, 0.1) is 113 Å². The number of hydrogen-bond donors (Lipinski definition) is 4. The van der Waals surface area contributed by atoms with E-state index in [9.17, 15) is 54.6 Å². The third-order valence-electron chi connectivity index (χ3n) is 35.0. The second-order valence-corrected chi connectivity index (χ2v) is 44.4. The maximum Gasteiger partial charge on any atom is 0.358 e. The summed E-state index contributed by atoms with van der Waals surface area (Å²) in [6, 6.07) is 37.6. The summed E-state index contributed by atoms with van der Waals surface area (Å²) in [5.41, 5.74) is 10.8. The average Bonchev–Trinajstić information content (AvgIpc) is 1.57. The Morgan fingerprint density at radius 1 is 0.379 bits per heavy atom. The Hall–Kier alpha value is -12.1. The molecule has 5 saturated carbocycles. The molecule has 11 aliphatic heterocycles. The number of pyridine rings is 4. The van der Waals surface area contributed by atoms with E-state index in [2.05, 4.69) is 93.3 Å². The lowest BCUT2D eigenvalue weighted by Crippen LogP contribution is -2.42. The van der Waals surface area contributed by atoms with Crippen molar-refractivity contribution in [1.29, 1.82) is 21.0 Å². The summed E-state index contributed by atoms with van der Waals surface area (Å²) in [6.07, 6.45) is 29.6. The van der Waals surface area contributed by atoms with E-state index >= 15 is 17.6 Å². The van der Waals surface area contributed by atoms with E-state index in [1.54, 1.807) is 48.8 Å². The molecule has 4 aromatic heterocycles. The number of nitriles is 4.